The molecular weight excluding hydrogens is 460 g/mol. The lowest BCUT2D eigenvalue weighted by molar-refractivity contribution is 0.0536. The van der Waals surface area contributed by atoms with Crippen molar-refractivity contribution in [1.29, 1.82) is 0 Å². The number of nitrogens with two attached hydrogens (primary N) is 1. The van der Waals surface area contributed by atoms with Crippen LogP contribution in [0.5, 0.6) is 17.2 Å². The van der Waals surface area contributed by atoms with Gasteiger partial charge in [0.1, 0.15) is 5.75 Å². The number of amides is 2. The molecule has 1 fully saturated rings. The molecule has 3 rings (SSSR count). The zero-order valence-corrected chi connectivity index (χ0v) is 22.2. The van der Waals surface area contributed by atoms with Crippen molar-refractivity contribution < 1.29 is 23.8 Å². The van der Waals surface area contributed by atoms with Gasteiger partial charge < -0.3 is 35.1 Å². The van der Waals surface area contributed by atoms with Gasteiger partial charge in [-0.2, -0.15) is 0 Å². The van der Waals surface area contributed by atoms with Gasteiger partial charge >= 0.3 is 0 Å². The van der Waals surface area contributed by atoms with E-state index in [9.17, 15) is 9.59 Å². The molecule has 0 aliphatic carbocycles. The molecule has 2 aromatic carbocycles. The highest BCUT2D eigenvalue weighted by atomic mass is 16.5. The fourth-order valence-corrected chi connectivity index (χ4v) is 4.48. The van der Waals surface area contributed by atoms with E-state index in [-0.39, 0.29) is 11.8 Å². The summed E-state index contributed by atoms with van der Waals surface area (Å²) in [5.41, 5.74) is 9.89. The quantitative estimate of drug-likeness (QED) is 0.401. The van der Waals surface area contributed by atoms with E-state index in [4.69, 9.17) is 19.9 Å². The van der Waals surface area contributed by atoms with Crippen LogP contribution in [0.1, 0.15) is 51.6 Å². The zero-order chi connectivity index (χ0) is 26.4. The van der Waals surface area contributed by atoms with E-state index in [2.05, 4.69) is 12.2 Å². The van der Waals surface area contributed by atoms with E-state index >= 15 is 0 Å². The second-order valence-electron chi connectivity index (χ2n) is 8.90. The Morgan fingerprint density at radius 2 is 1.50 bits per heavy atom. The van der Waals surface area contributed by atoms with Gasteiger partial charge in [0, 0.05) is 44.5 Å². The molecule has 2 amide bonds. The van der Waals surface area contributed by atoms with Gasteiger partial charge in [-0.25, -0.2) is 0 Å². The molecule has 2 aromatic rings. The third-order valence-corrected chi connectivity index (χ3v) is 6.58. The summed E-state index contributed by atoms with van der Waals surface area (Å²) in [6.07, 6.45) is 1.96. The van der Waals surface area contributed by atoms with Crippen molar-refractivity contribution in [2.45, 2.75) is 33.6 Å². The van der Waals surface area contributed by atoms with E-state index < -0.39 is 0 Å². The second kappa shape index (κ2) is 11.9. The molecule has 0 atom stereocenters. The highest BCUT2D eigenvalue weighted by Crippen LogP contribution is 2.39. The maximum atomic E-state index is 13.5. The molecule has 36 heavy (non-hydrogen) atoms. The Morgan fingerprint density at radius 1 is 0.944 bits per heavy atom. The van der Waals surface area contributed by atoms with Gasteiger partial charge in [-0.1, -0.05) is 13.3 Å². The highest BCUT2D eigenvalue weighted by molar-refractivity contribution is 6.02. The minimum absolute atomic E-state index is 0.121. The summed E-state index contributed by atoms with van der Waals surface area (Å²) in [4.78, 5) is 30.2. The van der Waals surface area contributed by atoms with Crippen LogP contribution >= 0.6 is 0 Å². The molecule has 0 unspecified atom stereocenters. The standard InChI is InChI=1S/C27H38N4O5/c1-7-8-13-36-25-18(3)24(29-4)20(16-23(25)35-6)27(33)31-11-9-30(10-12-31)26(32)19-15-22(34-5)17(2)14-21(19)28/h14-16,29H,7-13,28H2,1-6H3. The molecule has 1 aliphatic rings. The molecule has 1 aliphatic heterocycles. The number of ether oxygens (including phenoxy) is 3. The third kappa shape index (κ3) is 5.45. The highest BCUT2D eigenvalue weighted by Gasteiger charge is 2.29. The maximum absolute atomic E-state index is 13.5. The molecule has 1 heterocycles. The molecule has 0 bridgehead atoms. The number of nitrogens with one attached hydrogen (secondary N) is 1. The number of hydrogen-bond donors (Lipinski definition) is 2. The van der Waals surface area contributed by atoms with Crippen molar-refractivity contribution in [2.24, 2.45) is 0 Å². The SMILES string of the molecule is CCCCOc1c(OC)cc(C(=O)N2CCN(C(=O)c3cc(OC)c(C)cc3N)CC2)c(NC)c1C. The number of carbonyl (C=O) groups excluding carboxylic acids is 2. The molecule has 9 heteroatoms. The van der Waals surface area contributed by atoms with Gasteiger partial charge in [0.2, 0.25) is 0 Å². The summed E-state index contributed by atoms with van der Waals surface area (Å²) in [5.74, 6) is 1.51. The monoisotopic (exact) mass is 498 g/mol. The molecule has 196 valence electrons. The first kappa shape index (κ1) is 27.0. The van der Waals surface area contributed by atoms with Crippen LogP contribution < -0.4 is 25.3 Å². The fourth-order valence-electron chi connectivity index (χ4n) is 4.48. The molecule has 0 spiro atoms. The van der Waals surface area contributed by atoms with Gasteiger partial charge in [0.15, 0.2) is 11.5 Å². The molecular formula is C27H38N4O5. The Kier molecular flexibility index (Phi) is 8.90. The predicted octanol–water partition coefficient (Wildman–Crippen LogP) is 3.72. The Hall–Kier alpha value is -3.62. The Labute approximate surface area is 213 Å². The Bertz CT molecular complexity index is 1110. The van der Waals surface area contributed by atoms with Crippen LogP contribution in [0.25, 0.3) is 0 Å². The first-order valence-electron chi connectivity index (χ1n) is 12.3. The number of carbonyl (C=O) groups is 2. The van der Waals surface area contributed by atoms with Crippen molar-refractivity contribution in [3.8, 4) is 17.2 Å². The first-order chi connectivity index (χ1) is 17.3. The average Bonchev–Trinajstić information content (AvgIpc) is 2.88. The lowest BCUT2D eigenvalue weighted by Gasteiger charge is -2.35. The smallest absolute Gasteiger partial charge is 0.256 e. The largest absolute Gasteiger partial charge is 0.496 e. The number of nitrogen functional groups attached to an aromatic ring is 1. The van der Waals surface area contributed by atoms with Crippen LogP contribution in [0, 0.1) is 13.8 Å². The van der Waals surface area contributed by atoms with Gasteiger partial charge in [-0.15, -0.1) is 0 Å². The molecule has 9 nitrogen and oxygen atoms in total. The van der Waals surface area contributed by atoms with Gasteiger partial charge in [0.25, 0.3) is 11.8 Å². The van der Waals surface area contributed by atoms with Crippen LogP contribution in [0.2, 0.25) is 0 Å². The summed E-state index contributed by atoms with van der Waals surface area (Å²) in [6, 6.07) is 5.17. The average molecular weight is 499 g/mol. The zero-order valence-electron chi connectivity index (χ0n) is 22.2. The number of hydrogen-bond acceptors (Lipinski definition) is 7. The minimum atomic E-state index is -0.167. The van der Waals surface area contributed by atoms with E-state index in [0.717, 1.165) is 24.0 Å². The third-order valence-electron chi connectivity index (χ3n) is 6.58. The summed E-state index contributed by atoms with van der Waals surface area (Å²) in [6.45, 7) is 8.12. The number of nitrogens with zero attached hydrogens (tertiary/aromatic N) is 2. The number of piperazine rings is 1. The molecule has 1 saturated heterocycles. The molecule has 3 N–H and O–H groups in total. The second-order valence-corrected chi connectivity index (χ2v) is 8.90. The van der Waals surface area contributed by atoms with Crippen molar-refractivity contribution in [1.82, 2.24) is 9.80 Å². The van der Waals surface area contributed by atoms with E-state index in [1.807, 2.05) is 13.8 Å². The van der Waals surface area contributed by atoms with Crippen molar-refractivity contribution in [3.05, 3.63) is 40.5 Å². The number of methoxy groups -OCH3 is 2. The van der Waals surface area contributed by atoms with Crippen LogP contribution in [0.4, 0.5) is 11.4 Å². The van der Waals surface area contributed by atoms with E-state index in [1.165, 1.54) is 0 Å². The fraction of sp³-hybridized carbons (Fsp3) is 0.481. The summed E-state index contributed by atoms with van der Waals surface area (Å²) in [5, 5.41) is 3.16. The topological polar surface area (TPSA) is 106 Å². The summed E-state index contributed by atoms with van der Waals surface area (Å²) in [7, 11) is 4.93. The van der Waals surface area contributed by atoms with Gasteiger partial charge in [-0.05, 0) is 44.0 Å². The van der Waals surface area contributed by atoms with Crippen molar-refractivity contribution >= 4 is 23.2 Å². The first-order valence-corrected chi connectivity index (χ1v) is 12.3. The Balaban J connectivity index is 1.77. The van der Waals surface area contributed by atoms with Gasteiger partial charge in [-0.3, -0.25) is 9.59 Å². The number of benzene rings is 2. The van der Waals surface area contributed by atoms with Crippen LogP contribution in [0.15, 0.2) is 18.2 Å². The molecule has 0 aromatic heterocycles. The molecule has 0 radical (unpaired) electrons. The van der Waals surface area contributed by atoms with Crippen LogP contribution in [0.3, 0.4) is 0 Å². The lowest BCUT2D eigenvalue weighted by Crippen LogP contribution is -2.50. The number of unbranched alkanes of at least 4 members (excludes halogenated alkanes) is 1. The summed E-state index contributed by atoms with van der Waals surface area (Å²) < 4.78 is 16.9. The Morgan fingerprint density at radius 3 is 2.03 bits per heavy atom. The number of anilines is 2. The van der Waals surface area contributed by atoms with E-state index in [0.29, 0.717) is 72.5 Å². The van der Waals surface area contributed by atoms with Crippen molar-refractivity contribution in [2.75, 3.05) is 65.1 Å². The predicted molar refractivity (Wildman–Crippen MR) is 142 cm³/mol. The lowest BCUT2D eigenvalue weighted by atomic mass is 10.0. The normalized spacial score (nSPS) is 13.4. The minimum Gasteiger partial charge on any atom is -0.496 e. The van der Waals surface area contributed by atoms with E-state index in [1.54, 1.807) is 49.3 Å². The van der Waals surface area contributed by atoms with Gasteiger partial charge in [0.05, 0.1) is 37.6 Å². The van der Waals surface area contributed by atoms with Crippen LogP contribution in [-0.2, 0) is 0 Å². The summed E-state index contributed by atoms with van der Waals surface area (Å²) >= 11 is 0. The van der Waals surface area contributed by atoms with Crippen molar-refractivity contribution in [3.63, 3.8) is 0 Å². The number of aryl methyl sites for hydroxylation is 1. The molecule has 0 saturated carbocycles. The number of rotatable bonds is 9. The van der Waals surface area contributed by atoms with Crippen LogP contribution in [-0.4, -0.2) is 75.7 Å². The maximum Gasteiger partial charge on any atom is 0.256 e.